The number of halogens is 2. The molecule has 1 saturated heterocycles. The fourth-order valence-corrected chi connectivity index (χ4v) is 5.45. The van der Waals surface area contributed by atoms with E-state index in [1.165, 1.54) is 33.4 Å². The molecule has 2 aromatic carbocycles. The van der Waals surface area contributed by atoms with Crippen LogP contribution in [0.5, 0.6) is 0 Å². The highest BCUT2D eigenvalue weighted by Crippen LogP contribution is 2.25. The van der Waals surface area contributed by atoms with E-state index in [0.29, 0.717) is 37.6 Å². The lowest BCUT2D eigenvalue weighted by Crippen LogP contribution is -2.23. The van der Waals surface area contributed by atoms with Crippen LogP contribution in [0.25, 0.3) is 11.3 Å². The summed E-state index contributed by atoms with van der Waals surface area (Å²) in [4.78, 5) is 25.0. The van der Waals surface area contributed by atoms with Gasteiger partial charge < -0.3 is 13.9 Å². The highest BCUT2D eigenvalue weighted by Gasteiger charge is 2.22. The van der Waals surface area contributed by atoms with E-state index in [-0.39, 0.29) is 28.7 Å². The van der Waals surface area contributed by atoms with Crippen LogP contribution < -0.4 is 11.1 Å². The monoisotopic (exact) mass is 614 g/mol. The SMILES string of the molecule is CCCc1nnc2c(=O)n(Cc3cccc(F)c3)ccn12.O=c1c2nnc(C3CCOCC3)n2ccn1Cc1cccc(F)c1. The highest BCUT2D eigenvalue weighted by atomic mass is 19.1. The molecule has 1 aliphatic rings. The molecule has 6 aromatic rings. The third kappa shape index (κ3) is 6.58. The molecule has 0 spiro atoms. The van der Waals surface area contributed by atoms with E-state index in [0.717, 1.165) is 48.5 Å². The van der Waals surface area contributed by atoms with E-state index in [9.17, 15) is 18.4 Å². The summed E-state index contributed by atoms with van der Waals surface area (Å²) in [5, 5.41) is 16.3. The minimum atomic E-state index is -0.314. The second-order valence-corrected chi connectivity index (χ2v) is 10.9. The first-order valence-corrected chi connectivity index (χ1v) is 14.8. The van der Waals surface area contributed by atoms with E-state index in [1.54, 1.807) is 57.9 Å². The first-order chi connectivity index (χ1) is 21.9. The van der Waals surface area contributed by atoms with Gasteiger partial charge in [-0.15, -0.1) is 20.4 Å². The van der Waals surface area contributed by atoms with Gasteiger partial charge in [0.2, 0.25) is 11.3 Å². The van der Waals surface area contributed by atoms with E-state index in [1.807, 2.05) is 6.92 Å². The number of hydrogen-bond donors (Lipinski definition) is 0. The first-order valence-electron chi connectivity index (χ1n) is 14.8. The summed E-state index contributed by atoms with van der Waals surface area (Å²) in [6, 6.07) is 12.4. The molecule has 0 amide bonds. The molecule has 0 saturated carbocycles. The largest absolute Gasteiger partial charge is 0.381 e. The van der Waals surface area contributed by atoms with Crippen molar-refractivity contribution in [3.05, 3.63) is 128 Å². The molecule has 0 atom stereocenters. The molecule has 0 bridgehead atoms. The maximum absolute atomic E-state index is 13.3. The number of ether oxygens (including phenoxy) is 1. The van der Waals surface area contributed by atoms with Crippen LogP contribution in [0.1, 0.15) is 54.9 Å². The number of fused-ring (bicyclic) bond motifs is 2. The van der Waals surface area contributed by atoms with Crippen molar-refractivity contribution in [3.8, 4) is 0 Å². The molecule has 7 rings (SSSR count). The van der Waals surface area contributed by atoms with E-state index in [4.69, 9.17) is 4.74 Å². The fourth-order valence-electron chi connectivity index (χ4n) is 5.45. The molecule has 0 aliphatic carbocycles. The molecule has 13 heteroatoms. The summed E-state index contributed by atoms with van der Waals surface area (Å²) >= 11 is 0. The molecule has 0 radical (unpaired) electrons. The topological polar surface area (TPSA) is 114 Å². The summed E-state index contributed by atoms with van der Waals surface area (Å²) < 4.78 is 38.4. The van der Waals surface area contributed by atoms with Gasteiger partial charge in [-0.25, -0.2) is 8.78 Å². The van der Waals surface area contributed by atoms with Crippen LogP contribution in [-0.4, -0.2) is 51.5 Å². The molecule has 11 nitrogen and oxygen atoms in total. The predicted octanol–water partition coefficient (Wildman–Crippen LogP) is 4.00. The number of benzene rings is 2. The van der Waals surface area contributed by atoms with Gasteiger partial charge in [-0.3, -0.25) is 18.4 Å². The van der Waals surface area contributed by atoms with Crippen LogP contribution >= 0.6 is 0 Å². The van der Waals surface area contributed by atoms with Gasteiger partial charge in [0.1, 0.15) is 23.3 Å². The lowest BCUT2D eigenvalue weighted by molar-refractivity contribution is 0.0834. The van der Waals surface area contributed by atoms with Gasteiger partial charge in [0.25, 0.3) is 11.1 Å². The van der Waals surface area contributed by atoms with Crippen LogP contribution in [0.2, 0.25) is 0 Å². The molecule has 45 heavy (non-hydrogen) atoms. The zero-order chi connectivity index (χ0) is 31.3. The third-order valence-corrected chi connectivity index (χ3v) is 7.73. The zero-order valence-corrected chi connectivity index (χ0v) is 24.7. The molecule has 1 aliphatic heterocycles. The van der Waals surface area contributed by atoms with Crippen molar-refractivity contribution in [2.45, 2.75) is 51.6 Å². The standard InChI is InChI=1S/C17H17FN4O2.C15H15FN4O/c18-14-3-1-2-12(10-14)11-21-6-7-22-15(13-4-8-24-9-5-13)19-20-16(22)17(21)23;1-2-4-13-17-18-14-15(21)19(7-8-20(13)14)10-11-5-3-6-12(16)9-11/h1-3,6-7,10,13H,4-5,8-9,11H2;3,5-9H,2,4,10H2,1H3. The van der Waals surface area contributed by atoms with Crippen molar-refractivity contribution in [2.24, 2.45) is 0 Å². The van der Waals surface area contributed by atoms with E-state index in [2.05, 4.69) is 20.4 Å². The molecule has 5 heterocycles. The smallest absolute Gasteiger partial charge is 0.296 e. The van der Waals surface area contributed by atoms with Gasteiger partial charge in [-0.1, -0.05) is 31.2 Å². The van der Waals surface area contributed by atoms with Gasteiger partial charge in [0.15, 0.2) is 0 Å². The molecule has 0 unspecified atom stereocenters. The molecule has 1 fully saturated rings. The number of rotatable bonds is 7. The third-order valence-electron chi connectivity index (χ3n) is 7.73. The van der Waals surface area contributed by atoms with Crippen molar-refractivity contribution < 1.29 is 13.5 Å². The maximum atomic E-state index is 13.3. The number of nitrogens with zero attached hydrogens (tertiary/aromatic N) is 8. The Kier molecular flexibility index (Phi) is 8.87. The fraction of sp³-hybridized carbons (Fsp3) is 0.312. The Morgan fingerprint density at radius 2 is 1.31 bits per heavy atom. The second-order valence-electron chi connectivity index (χ2n) is 10.9. The average Bonchev–Trinajstić information content (AvgIpc) is 3.66. The van der Waals surface area contributed by atoms with Gasteiger partial charge in [-0.2, -0.15) is 0 Å². The van der Waals surface area contributed by atoms with Crippen molar-refractivity contribution in [3.63, 3.8) is 0 Å². The van der Waals surface area contributed by atoms with Crippen LogP contribution in [0.4, 0.5) is 8.78 Å². The van der Waals surface area contributed by atoms with Crippen LogP contribution in [0.3, 0.4) is 0 Å². The molecule has 232 valence electrons. The maximum Gasteiger partial charge on any atom is 0.296 e. The summed E-state index contributed by atoms with van der Waals surface area (Å²) in [6.45, 7) is 4.06. The molecular formula is C32H32F2N8O3. The predicted molar refractivity (Wildman–Crippen MR) is 162 cm³/mol. The molecular weight excluding hydrogens is 582 g/mol. The van der Waals surface area contributed by atoms with Gasteiger partial charge in [0, 0.05) is 50.3 Å². The molecule has 4 aromatic heterocycles. The summed E-state index contributed by atoms with van der Waals surface area (Å²) in [5.41, 5.74) is 1.61. The Labute approximate surface area is 256 Å². The first kappa shape index (κ1) is 30.0. The minimum Gasteiger partial charge on any atom is -0.381 e. The normalized spacial score (nSPS) is 13.7. The highest BCUT2D eigenvalue weighted by molar-refractivity contribution is 5.36. The summed E-state index contributed by atoms with van der Waals surface area (Å²) in [7, 11) is 0. The number of aromatic nitrogens is 8. The minimum absolute atomic E-state index is 0.225. The Bertz CT molecular complexity index is 2060. The van der Waals surface area contributed by atoms with E-state index < -0.39 is 0 Å². The van der Waals surface area contributed by atoms with Crippen molar-refractivity contribution in [2.75, 3.05) is 13.2 Å². The number of aryl methyl sites for hydroxylation is 1. The summed E-state index contributed by atoms with van der Waals surface area (Å²) in [6.07, 6.45) is 10.4. The lowest BCUT2D eigenvalue weighted by Gasteiger charge is -2.20. The van der Waals surface area contributed by atoms with Gasteiger partial charge in [-0.05, 0) is 54.7 Å². The van der Waals surface area contributed by atoms with Crippen LogP contribution in [0, 0.1) is 11.6 Å². The quantitative estimate of drug-likeness (QED) is 0.267. The van der Waals surface area contributed by atoms with E-state index >= 15 is 0 Å². The van der Waals surface area contributed by atoms with Crippen molar-refractivity contribution in [1.82, 2.24) is 38.3 Å². The van der Waals surface area contributed by atoms with Crippen molar-refractivity contribution in [1.29, 1.82) is 0 Å². The Hall–Kier alpha value is -5.04. The Balaban J connectivity index is 0.000000160. The van der Waals surface area contributed by atoms with Crippen LogP contribution in [-0.2, 0) is 24.2 Å². The number of hydrogen-bond acceptors (Lipinski definition) is 7. The van der Waals surface area contributed by atoms with Crippen LogP contribution in [0.15, 0.2) is 82.9 Å². The molecule has 0 N–H and O–H groups in total. The zero-order valence-electron chi connectivity index (χ0n) is 24.7. The Morgan fingerprint density at radius 3 is 1.89 bits per heavy atom. The summed E-state index contributed by atoms with van der Waals surface area (Å²) in [5.74, 6) is 1.22. The second kappa shape index (κ2) is 13.3. The Morgan fingerprint density at radius 1 is 0.756 bits per heavy atom. The van der Waals surface area contributed by atoms with Gasteiger partial charge in [0.05, 0.1) is 13.1 Å². The van der Waals surface area contributed by atoms with Gasteiger partial charge >= 0.3 is 0 Å². The average molecular weight is 615 g/mol. The lowest BCUT2D eigenvalue weighted by atomic mass is 10.00. The van der Waals surface area contributed by atoms with Crippen molar-refractivity contribution >= 4 is 11.3 Å².